The van der Waals surface area contributed by atoms with Crippen LogP contribution >= 0.6 is 0 Å². The zero-order chi connectivity index (χ0) is 12.4. The maximum absolute atomic E-state index is 5.82. The molecule has 3 rings (SSSR count). The number of ether oxygens (including phenoxy) is 1. The molecule has 1 aliphatic heterocycles. The van der Waals surface area contributed by atoms with E-state index in [1.165, 1.54) is 12.8 Å². The molecule has 0 bridgehead atoms. The molecule has 2 N–H and O–H groups in total. The standard InChI is InChI=1S/C13H20N4O/c1-2-14-11-7-12(16-8-15-11)17-10-5-6-18-13(10)9-3-4-9/h7-10,13H,2-6H2,1H3,(H2,14,15,16,17). The summed E-state index contributed by atoms with van der Waals surface area (Å²) in [4.78, 5) is 8.46. The molecule has 2 atom stereocenters. The zero-order valence-corrected chi connectivity index (χ0v) is 10.7. The van der Waals surface area contributed by atoms with Crippen molar-refractivity contribution in [3.63, 3.8) is 0 Å². The number of anilines is 2. The van der Waals surface area contributed by atoms with E-state index in [1.807, 2.05) is 6.07 Å². The van der Waals surface area contributed by atoms with E-state index in [4.69, 9.17) is 4.74 Å². The van der Waals surface area contributed by atoms with Gasteiger partial charge in [0.05, 0.1) is 12.1 Å². The van der Waals surface area contributed by atoms with Crippen LogP contribution in [0.4, 0.5) is 11.6 Å². The van der Waals surface area contributed by atoms with Gasteiger partial charge in [-0.05, 0) is 32.1 Å². The Morgan fingerprint density at radius 1 is 1.28 bits per heavy atom. The number of nitrogens with one attached hydrogen (secondary N) is 2. The summed E-state index contributed by atoms with van der Waals surface area (Å²) in [6, 6.07) is 2.37. The Morgan fingerprint density at radius 3 is 2.89 bits per heavy atom. The molecule has 1 aromatic rings. The minimum Gasteiger partial charge on any atom is -0.376 e. The van der Waals surface area contributed by atoms with Crippen molar-refractivity contribution in [3.8, 4) is 0 Å². The van der Waals surface area contributed by atoms with Crippen LogP contribution in [-0.4, -0.2) is 35.3 Å². The van der Waals surface area contributed by atoms with Crippen LogP contribution in [0, 0.1) is 5.92 Å². The third kappa shape index (κ3) is 2.56. The first kappa shape index (κ1) is 11.7. The predicted octanol–water partition coefficient (Wildman–Crippen LogP) is 1.89. The molecule has 1 saturated carbocycles. The molecule has 1 aromatic heterocycles. The minimum absolute atomic E-state index is 0.377. The molecule has 0 amide bonds. The summed E-state index contributed by atoms with van der Waals surface area (Å²) in [5, 5.41) is 6.69. The van der Waals surface area contributed by atoms with Crippen LogP contribution in [0.2, 0.25) is 0 Å². The molecular formula is C13H20N4O. The Kier molecular flexibility index (Phi) is 3.32. The molecule has 5 heteroatoms. The molecule has 18 heavy (non-hydrogen) atoms. The van der Waals surface area contributed by atoms with Gasteiger partial charge in [0.25, 0.3) is 0 Å². The second-order valence-electron chi connectivity index (χ2n) is 5.03. The van der Waals surface area contributed by atoms with E-state index in [9.17, 15) is 0 Å². The van der Waals surface area contributed by atoms with Gasteiger partial charge in [-0.1, -0.05) is 0 Å². The summed E-state index contributed by atoms with van der Waals surface area (Å²) < 4.78 is 5.82. The smallest absolute Gasteiger partial charge is 0.131 e. The van der Waals surface area contributed by atoms with E-state index in [0.29, 0.717) is 12.1 Å². The van der Waals surface area contributed by atoms with E-state index in [-0.39, 0.29) is 0 Å². The van der Waals surface area contributed by atoms with E-state index < -0.39 is 0 Å². The Balaban J connectivity index is 1.65. The van der Waals surface area contributed by atoms with Gasteiger partial charge in [-0.25, -0.2) is 9.97 Å². The van der Waals surface area contributed by atoms with E-state index in [2.05, 4.69) is 27.5 Å². The second-order valence-corrected chi connectivity index (χ2v) is 5.03. The largest absolute Gasteiger partial charge is 0.376 e. The van der Waals surface area contributed by atoms with Crippen LogP contribution in [0.25, 0.3) is 0 Å². The molecule has 0 radical (unpaired) electrons. The maximum atomic E-state index is 5.82. The summed E-state index contributed by atoms with van der Waals surface area (Å²) in [5.41, 5.74) is 0. The molecule has 1 saturated heterocycles. The monoisotopic (exact) mass is 248 g/mol. The lowest BCUT2D eigenvalue weighted by atomic mass is 10.1. The highest BCUT2D eigenvalue weighted by molar-refractivity contribution is 5.47. The first-order valence-electron chi connectivity index (χ1n) is 6.81. The van der Waals surface area contributed by atoms with E-state index in [1.54, 1.807) is 6.33 Å². The lowest BCUT2D eigenvalue weighted by Crippen LogP contribution is -2.31. The Labute approximate surface area is 107 Å². The topological polar surface area (TPSA) is 59.1 Å². The van der Waals surface area contributed by atoms with Crippen molar-refractivity contribution >= 4 is 11.6 Å². The quantitative estimate of drug-likeness (QED) is 0.833. The van der Waals surface area contributed by atoms with Crippen LogP contribution in [0.3, 0.4) is 0 Å². The average Bonchev–Trinajstić information content (AvgIpc) is 3.12. The summed E-state index contributed by atoms with van der Waals surface area (Å²) in [7, 11) is 0. The van der Waals surface area contributed by atoms with Crippen LogP contribution in [0.15, 0.2) is 12.4 Å². The Bertz CT molecular complexity index is 408. The van der Waals surface area contributed by atoms with Crippen LogP contribution in [0.1, 0.15) is 26.2 Å². The molecular weight excluding hydrogens is 228 g/mol. The summed E-state index contributed by atoms with van der Waals surface area (Å²) in [6.45, 7) is 3.79. The van der Waals surface area contributed by atoms with Crippen LogP contribution < -0.4 is 10.6 Å². The van der Waals surface area contributed by atoms with Crippen LogP contribution in [0.5, 0.6) is 0 Å². The summed E-state index contributed by atoms with van der Waals surface area (Å²) in [5.74, 6) is 2.53. The maximum Gasteiger partial charge on any atom is 0.131 e. The summed E-state index contributed by atoms with van der Waals surface area (Å²) >= 11 is 0. The van der Waals surface area contributed by atoms with Crippen molar-refractivity contribution in [1.82, 2.24) is 9.97 Å². The fourth-order valence-corrected chi connectivity index (χ4v) is 2.56. The lowest BCUT2D eigenvalue weighted by Gasteiger charge is -2.20. The number of aromatic nitrogens is 2. The highest BCUT2D eigenvalue weighted by atomic mass is 16.5. The lowest BCUT2D eigenvalue weighted by molar-refractivity contribution is 0.0898. The molecule has 2 unspecified atom stereocenters. The van der Waals surface area contributed by atoms with Gasteiger partial charge >= 0.3 is 0 Å². The first-order valence-corrected chi connectivity index (χ1v) is 6.81. The average molecular weight is 248 g/mol. The molecule has 0 spiro atoms. The van der Waals surface area contributed by atoms with Crippen molar-refractivity contribution in [1.29, 1.82) is 0 Å². The van der Waals surface area contributed by atoms with E-state index >= 15 is 0 Å². The van der Waals surface area contributed by atoms with E-state index in [0.717, 1.165) is 37.1 Å². The fraction of sp³-hybridized carbons (Fsp3) is 0.692. The number of hydrogen-bond acceptors (Lipinski definition) is 5. The molecule has 5 nitrogen and oxygen atoms in total. The SMILES string of the molecule is CCNc1cc(NC2CCOC2C2CC2)ncn1. The molecule has 2 fully saturated rings. The molecule has 98 valence electrons. The van der Waals surface area contributed by atoms with Crippen molar-refractivity contribution in [2.24, 2.45) is 5.92 Å². The van der Waals surface area contributed by atoms with Crippen molar-refractivity contribution in [2.75, 3.05) is 23.8 Å². The van der Waals surface area contributed by atoms with Gasteiger partial charge in [-0.3, -0.25) is 0 Å². The third-order valence-corrected chi connectivity index (χ3v) is 3.58. The van der Waals surface area contributed by atoms with Crippen LogP contribution in [-0.2, 0) is 4.74 Å². The Morgan fingerprint density at radius 2 is 2.11 bits per heavy atom. The fourth-order valence-electron chi connectivity index (χ4n) is 2.56. The van der Waals surface area contributed by atoms with Gasteiger partial charge in [0.2, 0.25) is 0 Å². The second kappa shape index (κ2) is 5.10. The molecule has 2 aliphatic rings. The van der Waals surface area contributed by atoms with Crippen molar-refractivity contribution in [3.05, 3.63) is 12.4 Å². The van der Waals surface area contributed by atoms with Gasteiger partial charge in [0.15, 0.2) is 0 Å². The third-order valence-electron chi connectivity index (χ3n) is 3.58. The predicted molar refractivity (Wildman–Crippen MR) is 70.7 cm³/mol. The normalized spacial score (nSPS) is 27.2. The first-order chi connectivity index (χ1) is 8.86. The Hall–Kier alpha value is -1.36. The molecule has 1 aliphatic carbocycles. The zero-order valence-electron chi connectivity index (χ0n) is 10.7. The van der Waals surface area contributed by atoms with Crippen molar-refractivity contribution in [2.45, 2.75) is 38.3 Å². The van der Waals surface area contributed by atoms with Gasteiger partial charge in [0.1, 0.15) is 18.0 Å². The highest BCUT2D eigenvalue weighted by Crippen LogP contribution is 2.39. The molecule has 0 aromatic carbocycles. The number of rotatable bonds is 5. The number of hydrogen-bond donors (Lipinski definition) is 2. The highest BCUT2D eigenvalue weighted by Gasteiger charge is 2.40. The van der Waals surface area contributed by atoms with Gasteiger partial charge < -0.3 is 15.4 Å². The van der Waals surface area contributed by atoms with Gasteiger partial charge in [-0.15, -0.1) is 0 Å². The van der Waals surface area contributed by atoms with Gasteiger partial charge in [0, 0.05) is 19.2 Å². The number of nitrogens with zero attached hydrogens (tertiary/aromatic N) is 2. The summed E-state index contributed by atoms with van der Waals surface area (Å²) in [6.07, 6.45) is 5.68. The van der Waals surface area contributed by atoms with Gasteiger partial charge in [-0.2, -0.15) is 0 Å². The minimum atomic E-state index is 0.377. The van der Waals surface area contributed by atoms with Crippen molar-refractivity contribution < 1.29 is 4.74 Å². The molecule has 2 heterocycles.